The fraction of sp³-hybridized carbons (Fsp3) is 0.571. The van der Waals surface area contributed by atoms with Gasteiger partial charge in [0, 0.05) is 19.6 Å². The SMILES string of the molecule is CCC1CCN(S(=O)(=O)c2ccc(CN)cc2C)C1. The van der Waals surface area contributed by atoms with Crippen molar-refractivity contribution in [2.75, 3.05) is 13.1 Å². The van der Waals surface area contributed by atoms with E-state index in [2.05, 4.69) is 6.92 Å². The molecule has 19 heavy (non-hydrogen) atoms. The van der Waals surface area contributed by atoms with E-state index in [-0.39, 0.29) is 0 Å². The number of aryl methyl sites for hydroxylation is 1. The summed E-state index contributed by atoms with van der Waals surface area (Å²) in [6, 6.07) is 5.35. The lowest BCUT2D eigenvalue weighted by molar-refractivity contribution is 0.452. The van der Waals surface area contributed by atoms with Crippen LogP contribution >= 0.6 is 0 Å². The lowest BCUT2D eigenvalue weighted by atomic mass is 10.1. The van der Waals surface area contributed by atoms with Crippen LogP contribution in [0.25, 0.3) is 0 Å². The van der Waals surface area contributed by atoms with Gasteiger partial charge in [-0.15, -0.1) is 0 Å². The Hall–Kier alpha value is -0.910. The Morgan fingerprint density at radius 2 is 2.16 bits per heavy atom. The molecular formula is C14H22N2O2S. The van der Waals surface area contributed by atoms with Crippen molar-refractivity contribution in [3.63, 3.8) is 0 Å². The van der Waals surface area contributed by atoms with Crippen LogP contribution in [0.2, 0.25) is 0 Å². The number of rotatable bonds is 4. The first-order chi connectivity index (χ1) is 8.98. The van der Waals surface area contributed by atoms with Gasteiger partial charge in [0.2, 0.25) is 10.0 Å². The van der Waals surface area contributed by atoms with Gasteiger partial charge in [-0.2, -0.15) is 4.31 Å². The summed E-state index contributed by atoms with van der Waals surface area (Å²) in [5.41, 5.74) is 7.32. The average molecular weight is 282 g/mol. The van der Waals surface area contributed by atoms with E-state index in [0.29, 0.717) is 30.4 Å². The summed E-state index contributed by atoms with van der Waals surface area (Å²) in [6.45, 7) is 5.67. The molecule has 4 nitrogen and oxygen atoms in total. The summed E-state index contributed by atoms with van der Waals surface area (Å²) in [4.78, 5) is 0.418. The lowest BCUT2D eigenvalue weighted by Crippen LogP contribution is -2.29. The zero-order valence-electron chi connectivity index (χ0n) is 11.6. The van der Waals surface area contributed by atoms with E-state index >= 15 is 0 Å². The number of benzene rings is 1. The van der Waals surface area contributed by atoms with Gasteiger partial charge in [-0.3, -0.25) is 0 Å². The Labute approximate surface area is 115 Å². The molecule has 106 valence electrons. The molecular weight excluding hydrogens is 260 g/mol. The molecule has 1 aromatic rings. The van der Waals surface area contributed by atoms with Crippen LogP contribution in [0.3, 0.4) is 0 Å². The van der Waals surface area contributed by atoms with Crippen molar-refractivity contribution in [2.45, 2.75) is 38.1 Å². The topological polar surface area (TPSA) is 63.4 Å². The van der Waals surface area contributed by atoms with Crippen LogP contribution in [0.1, 0.15) is 30.9 Å². The van der Waals surface area contributed by atoms with Gasteiger partial charge in [-0.1, -0.05) is 25.5 Å². The molecule has 0 spiro atoms. The first kappa shape index (κ1) is 14.5. The third kappa shape index (κ3) is 2.83. The first-order valence-electron chi connectivity index (χ1n) is 6.78. The highest BCUT2D eigenvalue weighted by molar-refractivity contribution is 7.89. The van der Waals surface area contributed by atoms with Crippen LogP contribution in [0.4, 0.5) is 0 Å². The molecule has 1 unspecified atom stereocenters. The predicted octanol–water partition coefficient (Wildman–Crippen LogP) is 1.87. The fourth-order valence-corrected chi connectivity index (χ4v) is 4.35. The van der Waals surface area contributed by atoms with Crippen molar-refractivity contribution >= 4 is 10.0 Å². The van der Waals surface area contributed by atoms with Gasteiger partial charge in [-0.25, -0.2) is 8.42 Å². The average Bonchev–Trinajstić information content (AvgIpc) is 2.87. The summed E-state index contributed by atoms with van der Waals surface area (Å²) in [5, 5.41) is 0. The Morgan fingerprint density at radius 1 is 1.42 bits per heavy atom. The van der Waals surface area contributed by atoms with E-state index in [1.807, 2.05) is 13.0 Å². The smallest absolute Gasteiger partial charge is 0.243 e. The van der Waals surface area contributed by atoms with Gasteiger partial charge in [0.25, 0.3) is 0 Å². The second-order valence-electron chi connectivity index (χ2n) is 5.23. The largest absolute Gasteiger partial charge is 0.326 e. The highest BCUT2D eigenvalue weighted by Gasteiger charge is 2.32. The molecule has 1 aliphatic heterocycles. The summed E-state index contributed by atoms with van der Waals surface area (Å²) >= 11 is 0. The maximum Gasteiger partial charge on any atom is 0.243 e. The summed E-state index contributed by atoms with van der Waals surface area (Å²) < 4.78 is 26.8. The van der Waals surface area contributed by atoms with Crippen molar-refractivity contribution < 1.29 is 8.42 Å². The third-order valence-corrected chi connectivity index (χ3v) is 5.94. The van der Waals surface area contributed by atoms with Gasteiger partial charge in [0.05, 0.1) is 4.90 Å². The highest BCUT2D eigenvalue weighted by Crippen LogP contribution is 2.27. The van der Waals surface area contributed by atoms with E-state index in [4.69, 9.17) is 5.73 Å². The van der Waals surface area contributed by atoms with Crippen molar-refractivity contribution in [1.29, 1.82) is 0 Å². The van der Waals surface area contributed by atoms with Gasteiger partial charge in [0.15, 0.2) is 0 Å². The lowest BCUT2D eigenvalue weighted by Gasteiger charge is -2.18. The standard InChI is InChI=1S/C14H22N2O2S/c1-3-12-6-7-16(10-12)19(17,18)14-5-4-13(9-15)8-11(14)2/h4-5,8,12H,3,6-7,9-10,15H2,1-2H3. The third-order valence-electron chi connectivity index (χ3n) is 3.92. The number of nitrogens with two attached hydrogens (primary N) is 1. The molecule has 2 N–H and O–H groups in total. The van der Waals surface area contributed by atoms with Gasteiger partial charge < -0.3 is 5.73 Å². The molecule has 0 radical (unpaired) electrons. The van der Waals surface area contributed by atoms with Crippen molar-refractivity contribution in [3.05, 3.63) is 29.3 Å². The maximum atomic E-state index is 12.6. The molecule has 0 saturated carbocycles. The van der Waals surface area contributed by atoms with E-state index in [9.17, 15) is 8.42 Å². The zero-order chi connectivity index (χ0) is 14.0. The van der Waals surface area contributed by atoms with Crippen LogP contribution in [0.15, 0.2) is 23.1 Å². The maximum absolute atomic E-state index is 12.6. The highest BCUT2D eigenvalue weighted by atomic mass is 32.2. The normalized spacial score (nSPS) is 20.9. The molecule has 2 rings (SSSR count). The van der Waals surface area contributed by atoms with E-state index in [1.165, 1.54) is 0 Å². The van der Waals surface area contributed by atoms with Crippen LogP contribution in [0, 0.1) is 12.8 Å². The molecule has 1 heterocycles. The van der Waals surface area contributed by atoms with Crippen molar-refractivity contribution in [1.82, 2.24) is 4.31 Å². The second-order valence-corrected chi connectivity index (χ2v) is 7.14. The molecule has 0 bridgehead atoms. The summed E-state index contributed by atoms with van der Waals surface area (Å²) in [7, 11) is -3.34. The van der Waals surface area contributed by atoms with Gasteiger partial charge in [-0.05, 0) is 36.5 Å². The van der Waals surface area contributed by atoms with Crippen LogP contribution in [0.5, 0.6) is 0 Å². The van der Waals surface area contributed by atoms with Crippen LogP contribution < -0.4 is 5.73 Å². The van der Waals surface area contributed by atoms with Gasteiger partial charge >= 0.3 is 0 Å². The first-order valence-corrected chi connectivity index (χ1v) is 8.22. The van der Waals surface area contributed by atoms with Crippen LogP contribution in [-0.2, 0) is 16.6 Å². The Morgan fingerprint density at radius 3 is 2.68 bits per heavy atom. The molecule has 0 aromatic heterocycles. The second kappa shape index (κ2) is 5.61. The van der Waals surface area contributed by atoms with Crippen LogP contribution in [-0.4, -0.2) is 25.8 Å². The molecule has 1 atom stereocenters. The zero-order valence-corrected chi connectivity index (χ0v) is 12.4. The number of hydrogen-bond donors (Lipinski definition) is 1. The van der Waals surface area contributed by atoms with E-state index in [1.54, 1.807) is 16.4 Å². The minimum atomic E-state index is -3.34. The monoisotopic (exact) mass is 282 g/mol. The fourth-order valence-electron chi connectivity index (χ4n) is 2.62. The molecule has 0 amide bonds. The Balaban J connectivity index is 2.30. The predicted molar refractivity (Wildman–Crippen MR) is 76.2 cm³/mol. The van der Waals surface area contributed by atoms with E-state index in [0.717, 1.165) is 24.0 Å². The van der Waals surface area contributed by atoms with E-state index < -0.39 is 10.0 Å². The number of nitrogens with zero attached hydrogens (tertiary/aromatic N) is 1. The van der Waals surface area contributed by atoms with Gasteiger partial charge in [0.1, 0.15) is 0 Å². The Bertz CT molecular complexity index is 555. The molecule has 1 aliphatic rings. The minimum Gasteiger partial charge on any atom is -0.326 e. The summed E-state index contributed by atoms with van der Waals surface area (Å²) in [6.07, 6.45) is 2.01. The number of sulfonamides is 1. The molecule has 5 heteroatoms. The minimum absolute atomic E-state index is 0.418. The quantitative estimate of drug-likeness (QED) is 0.917. The van der Waals surface area contributed by atoms with Crippen molar-refractivity contribution in [3.8, 4) is 0 Å². The molecule has 0 aliphatic carbocycles. The number of hydrogen-bond acceptors (Lipinski definition) is 3. The Kier molecular flexibility index (Phi) is 4.28. The summed E-state index contributed by atoms with van der Waals surface area (Å²) in [5.74, 6) is 0.499. The molecule has 1 fully saturated rings. The van der Waals surface area contributed by atoms with Crippen molar-refractivity contribution in [2.24, 2.45) is 11.7 Å². The molecule has 1 saturated heterocycles. The molecule has 1 aromatic carbocycles.